The molecule has 4 rings (SSSR count). The van der Waals surface area contributed by atoms with Crippen LogP contribution in [0.3, 0.4) is 0 Å². The smallest absolute Gasteiger partial charge is 0.0582 e. The molecule has 1 fully saturated rings. The Kier molecular flexibility index (Phi) is 2.70. The molecule has 2 aliphatic heterocycles. The topological polar surface area (TPSA) is 15.3 Å². The van der Waals surface area contributed by atoms with Gasteiger partial charge in [0.1, 0.15) is 0 Å². The van der Waals surface area contributed by atoms with E-state index in [0.717, 1.165) is 13.1 Å². The van der Waals surface area contributed by atoms with Crippen LogP contribution in [-0.2, 0) is 0 Å². The summed E-state index contributed by atoms with van der Waals surface area (Å²) < 4.78 is 0. The average molecular weight is 252 g/mol. The number of nitrogens with one attached hydrogen (secondary N) is 1. The van der Waals surface area contributed by atoms with E-state index in [-0.39, 0.29) is 0 Å². The van der Waals surface area contributed by atoms with Crippen LogP contribution in [-0.4, -0.2) is 19.1 Å². The van der Waals surface area contributed by atoms with Crippen molar-refractivity contribution in [2.24, 2.45) is 0 Å². The van der Waals surface area contributed by atoms with Crippen LogP contribution in [0.4, 0.5) is 5.69 Å². The molecule has 1 atom stereocenters. The number of hydrogen-bond donors (Lipinski definition) is 1. The lowest BCUT2D eigenvalue weighted by Crippen LogP contribution is -2.40. The van der Waals surface area contributed by atoms with Crippen LogP contribution in [0.25, 0.3) is 0 Å². The van der Waals surface area contributed by atoms with E-state index in [1.807, 2.05) is 0 Å². The Labute approximate surface area is 114 Å². The van der Waals surface area contributed by atoms with Gasteiger partial charge in [0, 0.05) is 17.9 Å². The summed E-state index contributed by atoms with van der Waals surface area (Å²) in [6.45, 7) is 2.22. The number of allylic oxidation sites excluding steroid dienone is 2. The third-order valence-electron chi connectivity index (χ3n) is 4.58. The molecule has 2 nitrogen and oxygen atoms in total. The molecule has 3 aliphatic rings. The van der Waals surface area contributed by atoms with Crippen molar-refractivity contribution >= 4 is 5.69 Å². The van der Waals surface area contributed by atoms with Gasteiger partial charge in [0.15, 0.2) is 0 Å². The van der Waals surface area contributed by atoms with E-state index < -0.39 is 0 Å². The van der Waals surface area contributed by atoms with Crippen LogP contribution in [0.15, 0.2) is 53.3 Å². The Hall–Kier alpha value is -1.54. The van der Waals surface area contributed by atoms with Crippen molar-refractivity contribution in [1.29, 1.82) is 0 Å². The minimum absolute atomic E-state index is 0.600. The molecule has 1 aliphatic carbocycles. The quantitative estimate of drug-likeness (QED) is 0.825. The molecule has 98 valence electrons. The maximum Gasteiger partial charge on any atom is 0.0582 e. The molecule has 0 aromatic heterocycles. The normalized spacial score (nSPS) is 26.0. The summed E-state index contributed by atoms with van der Waals surface area (Å²) >= 11 is 0. The number of nitrogens with zero attached hydrogens (tertiary/aromatic N) is 1. The zero-order valence-corrected chi connectivity index (χ0v) is 11.2. The highest BCUT2D eigenvalue weighted by atomic mass is 15.2. The number of anilines is 1. The van der Waals surface area contributed by atoms with Gasteiger partial charge in [-0.3, -0.25) is 0 Å². The molecule has 1 unspecified atom stereocenters. The Bertz CT molecular complexity index is 542. The van der Waals surface area contributed by atoms with Gasteiger partial charge in [-0.05, 0) is 55.5 Å². The fraction of sp³-hybridized carbons (Fsp3) is 0.412. The van der Waals surface area contributed by atoms with Gasteiger partial charge >= 0.3 is 0 Å². The highest BCUT2D eigenvalue weighted by molar-refractivity contribution is 5.66. The maximum atomic E-state index is 3.55. The van der Waals surface area contributed by atoms with Crippen molar-refractivity contribution < 1.29 is 0 Å². The minimum atomic E-state index is 0.600. The first-order chi connectivity index (χ1) is 9.45. The second kappa shape index (κ2) is 4.53. The van der Waals surface area contributed by atoms with Crippen molar-refractivity contribution in [3.8, 4) is 0 Å². The third kappa shape index (κ3) is 1.74. The lowest BCUT2D eigenvalue weighted by Gasteiger charge is -2.33. The summed E-state index contributed by atoms with van der Waals surface area (Å²) in [6, 6.07) is 11.5. The Morgan fingerprint density at radius 2 is 2.05 bits per heavy atom. The van der Waals surface area contributed by atoms with Crippen LogP contribution in [0.1, 0.15) is 25.7 Å². The van der Waals surface area contributed by atoms with E-state index in [2.05, 4.69) is 46.6 Å². The molecule has 1 N–H and O–H groups in total. The van der Waals surface area contributed by atoms with Crippen LogP contribution >= 0.6 is 0 Å². The molecular formula is C17H20N2. The van der Waals surface area contributed by atoms with Crippen molar-refractivity contribution in [3.63, 3.8) is 0 Å². The largest absolute Gasteiger partial charge is 0.334 e. The fourth-order valence-corrected chi connectivity index (χ4v) is 3.76. The van der Waals surface area contributed by atoms with Gasteiger partial charge in [0.25, 0.3) is 0 Å². The number of hydrogen-bond acceptors (Lipinski definition) is 2. The zero-order valence-electron chi connectivity index (χ0n) is 11.2. The lowest BCUT2D eigenvalue weighted by atomic mass is 9.93. The molecule has 1 saturated heterocycles. The molecule has 19 heavy (non-hydrogen) atoms. The van der Waals surface area contributed by atoms with E-state index in [1.165, 1.54) is 37.1 Å². The Balaban J connectivity index is 1.81. The SMILES string of the molecule is C1=C2C(=C3CNCCC3N2c2ccccc2)CCC1. The van der Waals surface area contributed by atoms with Gasteiger partial charge in [-0.15, -0.1) is 0 Å². The average Bonchev–Trinajstić information content (AvgIpc) is 2.83. The highest BCUT2D eigenvalue weighted by Crippen LogP contribution is 2.43. The summed E-state index contributed by atoms with van der Waals surface area (Å²) in [4.78, 5) is 2.59. The second-order valence-corrected chi connectivity index (χ2v) is 5.67. The summed E-state index contributed by atoms with van der Waals surface area (Å²) in [6.07, 6.45) is 7.50. The van der Waals surface area contributed by atoms with Crippen molar-refractivity contribution in [3.05, 3.63) is 53.3 Å². The van der Waals surface area contributed by atoms with Gasteiger partial charge < -0.3 is 10.2 Å². The van der Waals surface area contributed by atoms with Gasteiger partial charge in [0.05, 0.1) is 6.04 Å². The standard InChI is InChI=1S/C17H20N2/c1-2-6-13(7-3-1)19-16-9-5-4-8-14(16)15-12-18-11-10-17(15)19/h1-3,6-7,9,17-18H,4-5,8,10-12H2. The molecule has 0 saturated carbocycles. The van der Waals surface area contributed by atoms with Crippen LogP contribution in [0.5, 0.6) is 0 Å². The van der Waals surface area contributed by atoms with Gasteiger partial charge in [-0.25, -0.2) is 0 Å². The number of para-hydroxylation sites is 1. The molecule has 0 amide bonds. The molecule has 2 heterocycles. The summed E-state index contributed by atoms with van der Waals surface area (Å²) in [5.74, 6) is 0. The van der Waals surface area contributed by atoms with E-state index in [1.54, 1.807) is 11.1 Å². The van der Waals surface area contributed by atoms with E-state index in [0.29, 0.717) is 6.04 Å². The summed E-state index contributed by atoms with van der Waals surface area (Å²) in [7, 11) is 0. The maximum absolute atomic E-state index is 3.55. The monoisotopic (exact) mass is 252 g/mol. The van der Waals surface area contributed by atoms with Crippen molar-refractivity contribution in [1.82, 2.24) is 5.32 Å². The van der Waals surface area contributed by atoms with Crippen LogP contribution in [0, 0.1) is 0 Å². The first-order valence-corrected chi connectivity index (χ1v) is 7.42. The predicted octanol–water partition coefficient (Wildman–Crippen LogP) is 3.23. The fourth-order valence-electron chi connectivity index (χ4n) is 3.76. The Morgan fingerprint density at radius 1 is 1.16 bits per heavy atom. The first kappa shape index (κ1) is 11.3. The number of fused-ring (bicyclic) bond motifs is 2. The molecule has 0 spiro atoms. The second-order valence-electron chi connectivity index (χ2n) is 5.67. The Morgan fingerprint density at radius 3 is 2.95 bits per heavy atom. The molecule has 2 heteroatoms. The number of rotatable bonds is 1. The zero-order chi connectivity index (χ0) is 12.7. The predicted molar refractivity (Wildman–Crippen MR) is 79.2 cm³/mol. The molecule has 1 aromatic rings. The van der Waals surface area contributed by atoms with Crippen molar-refractivity contribution in [2.75, 3.05) is 18.0 Å². The summed E-state index contributed by atoms with van der Waals surface area (Å²) in [5, 5.41) is 3.55. The molecular weight excluding hydrogens is 232 g/mol. The number of piperidine rings is 1. The minimum Gasteiger partial charge on any atom is -0.334 e. The first-order valence-electron chi connectivity index (χ1n) is 7.42. The van der Waals surface area contributed by atoms with E-state index >= 15 is 0 Å². The van der Waals surface area contributed by atoms with Crippen LogP contribution in [0.2, 0.25) is 0 Å². The van der Waals surface area contributed by atoms with E-state index in [9.17, 15) is 0 Å². The number of benzene rings is 1. The van der Waals surface area contributed by atoms with Gasteiger partial charge in [-0.1, -0.05) is 24.3 Å². The van der Waals surface area contributed by atoms with E-state index in [4.69, 9.17) is 0 Å². The molecule has 0 radical (unpaired) electrons. The van der Waals surface area contributed by atoms with Crippen LogP contribution < -0.4 is 10.2 Å². The molecule has 1 aromatic carbocycles. The molecule has 0 bridgehead atoms. The lowest BCUT2D eigenvalue weighted by molar-refractivity contribution is 0.549. The summed E-state index contributed by atoms with van der Waals surface area (Å²) in [5.41, 5.74) is 6.14. The van der Waals surface area contributed by atoms with Crippen molar-refractivity contribution in [2.45, 2.75) is 31.7 Å². The highest BCUT2D eigenvalue weighted by Gasteiger charge is 2.38. The third-order valence-corrected chi connectivity index (χ3v) is 4.58. The van der Waals surface area contributed by atoms with Gasteiger partial charge in [0.2, 0.25) is 0 Å². The van der Waals surface area contributed by atoms with Gasteiger partial charge in [-0.2, -0.15) is 0 Å².